The van der Waals surface area contributed by atoms with E-state index in [-0.39, 0.29) is 0 Å². The van der Waals surface area contributed by atoms with Crippen molar-refractivity contribution in [1.82, 2.24) is 24.0 Å². The maximum Gasteiger partial charge on any atom is 0.0710 e. The molecule has 6 rings (SSSR count). The lowest BCUT2D eigenvalue weighted by Crippen LogP contribution is -2.26. The van der Waals surface area contributed by atoms with Crippen LogP contribution in [0.25, 0.3) is 43.6 Å². The summed E-state index contributed by atoms with van der Waals surface area (Å²) in [7, 11) is 0. The first-order chi connectivity index (χ1) is 20.3. The van der Waals surface area contributed by atoms with E-state index in [1.807, 2.05) is 0 Å². The second kappa shape index (κ2) is 11.5. The smallest absolute Gasteiger partial charge is 0.0710 e. The van der Waals surface area contributed by atoms with Gasteiger partial charge in [-0.3, -0.25) is 14.9 Å². The molecule has 42 heavy (non-hydrogen) atoms. The van der Waals surface area contributed by atoms with Gasteiger partial charge >= 0.3 is 0 Å². The molecule has 0 radical (unpaired) electrons. The molecular formula is C36H44N6. The Hall–Kier alpha value is -3.74. The van der Waals surface area contributed by atoms with Crippen LogP contribution in [0.3, 0.4) is 0 Å². The minimum Gasteiger partial charge on any atom is -0.336 e. The average Bonchev–Trinajstić information content (AvgIpc) is 3.47. The molecule has 0 amide bonds. The lowest BCUT2D eigenvalue weighted by molar-refractivity contribution is 0.246. The molecule has 0 aliphatic carbocycles. The molecule has 4 heterocycles. The van der Waals surface area contributed by atoms with Gasteiger partial charge in [0.1, 0.15) is 0 Å². The minimum absolute atomic E-state index is 0.359. The Morgan fingerprint density at radius 3 is 1.55 bits per heavy atom. The van der Waals surface area contributed by atoms with Gasteiger partial charge in [-0.05, 0) is 91.7 Å². The van der Waals surface area contributed by atoms with Crippen molar-refractivity contribution in [2.45, 2.75) is 79.6 Å². The molecule has 2 aromatic carbocycles. The predicted molar refractivity (Wildman–Crippen MR) is 177 cm³/mol. The molecule has 6 aromatic rings. The molecule has 2 N–H and O–H groups in total. The SMILES string of the molecule is Cc1nc(CN(CCCCN)Cc2cc3c4ccccc4n(C(C)C)c3c(C)n2)cc2c3ccccc3n(C(C)C)c12. The zero-order chi connectivity index (χ0) is 29.5. The first kappa shape index (κ1) is 28.4. The number of nitrogens with two attached hydrogens (primary N) is 1. The van der Waals surface area contributed by atoms with Crippen LogP contribution in [0.2, 0.25) is 0 Å². The molecule has 6 heteroatoms. The third-order valence-corrected chi connectivity index (χ3v) is 8.56. The zero-order valence-electron chi connectivity index (χ0n) is 26.0. The third kappa shape index (κ3) is 4.97. The van der Waals surface area contributed by atoms with Crippen molar-refractivity contribution in [3.05, 3.63) is 83.4 Å². The van der Waals surface area contributed by atoms with Crippen molar-refractivity contribution in [3.8, 4) is 0 Å². The average molecular weight is 561 g/mol. The van der Waals surface area contributed by atoms with Crippen LogP contribution in [0.5, 0.6) is 0 Å². The molecule has 0 bridgehead atoms. The van der Waals surface area contributed by atoms with E-state index < -0.39 is 0 Å². The number of hydrogen-bond donors (Lipinski definition) is 1. The number of fused-ring (bicyclic) bond motifs is 6. The zero-order valence-corrected chi connectivity index (χ0v) is 26.0. The highest BCUT2D eigenvalue weighted by Gasteiger charge is 2.20. The Balaban J connectivity index is 1.40. The highest BCUT2D eigenvalue weighted by Crippen LogP contribution is 2.35. The summed E-state index contributed by atoms with van der Waals surface area (Å²) in [6.07, 6.45) is 2.06. The number of rotatable bonds is 10. The van der Waals surface area contributed by atoms with Crippen molar-refractivity contribution >= 4 is 43.6 Å². The molecule has 0 aliphatic rings. The fourth-order valence-electron chi connectivity index (χ4n) is 6.93. The maximum atomic E-state index is 5.90. The highest BCUT2D eigenvalue weighted by molar-refractivity contribution is 6.09. The van der Waals surface area contributed by atoms with Gasteiger partial charge in [-0.2, -0.15) is 0 Å². The summed E-state index contributed by atoms with van der Waals surface area (Å²) in [5.74, 6) is 0. The molecular weight excluding hydrogens is 516 g/mol. The number of unbranched alkanes of at least 4 members (excludes halogenated alkanes) is 1. The van der Waals surface area contributed by atoms with Gasteiger partial charge in [0.05, 0.1) is 33.8 Å². The molecule has 0 unspecified atom stereocenters. The van der Waals surface area contributed by atoms with Gasteiger partial charge < -0.3 is 14.9 Å². The van der Waals surface area contributed by atoms with Crippen molar-refractivity contribution in [2.24, 2.45) is 5.73 Å². The summed E-state index contributed by atoms with van der Waals surface area (Å²) in [6.45, 7) is 16.5. The van der Waals surface area contributed by atoms with E-state index in [1.54, 1.807) is 0 Å². The van der Waals surface area contributed by atoms with Gasteiger partial charge in [0, 0.05) is 57.8 Å². The number of hydrogen-bond acceptors (Lipinski definition) is 4. The van der Waals surface area contributed by atoms with E-state index in [9.17, 15) is 0 Å². The van der Waals surface area contributed by atoms with Gasteiger partial charge in [0.15, 0.2) is 0 Å². The molecule has 0 fully saturated rings. The normalized spacial score (nSPS) is 12.4. The summed E-state index contributed by atoms with van der Waals surface area (Å²) in [5, 5.41) is 5.18. The van der Waals surface area contributed by atoms with Gasteiger partial charge in [-0.1, -0.05) is 36.4 Å². The van der Waals surface area contributed by atoms with Gasteiger partial charge in [-0.15, -0.1) is 0 Å². The Bertz CT molecular complexity index is 1760. The minimum atomic E-state index is 0.359. The fourth-order valence-corrected chi connectivity index (χ4v) is 6.93. The molecule has 4 aromatic heterocycles. The van der Waals surface area contributed by atoms with Crippen LogP contribution in [-0.2, 0) is 13.1 Å². The number of benzene rings is 2. The summed E-state index contributed by atoms with van der Waals surface area (Å²) >= 11 is 0. The molecule has 0 spiro atoms. The first-order valence-electron chi connectivity index (χ1n) is 15.5. The number of aryl methyl sites for hydroxylation is 2. The Labute approximate surface area is 249 Å². The van der Waals surface area contributed by atoms with E-state index in [2.05, 4.69) is 116 Å². The van der Waals surface area contributed by atoms with Crippen LogP contribution in [0.1, 0.15) is 75.4 Å². The number of pyridine rings is 2. The Morgan fingerprint density at radius 2 is 1.12 bits per heavy atom. The Morgan fingerprint density at radius 1 is 0.667 bits per heavy atom. The summed E-state index contributed by atoms with van der Waals surface area (Å²) in [6, 6.07) is 22.8. The summed E-state index contributed by atoms with van der Waals surface area (Å²) in [5.41, 5.74) is 15.3. The topological polar surface area (TPSA) is 64.9 Å². The fraction of sp³-hybridized carbons (Fsp3) is 0.389. The molecule has 218 valence electrons. The monoisotopic (exact) mass is 560 g/mol. The predicted octanol–water partition coefficient (Wildman–Crippen LogP) is 8.21. The second-order valence-corrected chi connectivity index (χ2v) is 12.4. The Kier molecular flexibility index (Phi) is 7.77. The molecule has 0 aliphatic heterocycles. The quantitative estimate of drug-likeness (QED) is 0.172. The standard InChI is InChI=1S/C36H44N6/c1-23(2)41-33-15-9-7-13-29(33)31-19-27(38-25(5)35(31)41)21-40(18-12-11-17-37)22-28-20-32-30-14-8-10-16-34(30)42(24(3)4)36(32)26(6)39-28/h7-10,13-16,19-20,23-24H,11-12,17-18,21-22,37H2,1-6H3. The highest BCUT2D eigenvalue weighted by atomic mass is 15.1. The van der Waals surface area contributed by atoms with Crippen LogP contribution < -0.4 is 5.73 Å². The van der Waals surface area contributed by atoms with E-state index in [0.29, 0.717) is 18.6 Å². The third-order valence-electron chi connectivity index (χ3n) is 8.56. The molecule has 0 saturated carbocycles. The number of nitrogens with zero attached hydrogens (tertiary/aromatic N) is 5. The van der Waals surface area contributed by atoms with Gasteiger partial charge in [0.2, 0.25) is 0 Å². The van der Waals surface area contributed by atoms with E-state index in [0.717, 1.165) is 55.3 Å². The summed E-state index contributed by atoms with van der Waals surface area (Å²) < 4.78 is 4.87. The van der Waals surface area contributed by atoms with E-state index in [4.69, 9.17) is 15.7 Å². The lowest BCUT2D eigenvalue weighted by Gasteiger charge is -2.23. The van der Waals surface area contributed by atoms with E-state index >= 15 is 0 Å². The largest absolute Gasteiger partial charge is 0.336 e. The number of para-hydroxylation sites is 2. The lowest BCUT2D eigenvalue weighted by atomic mass is 10.1. The van der Waals surface area contributed by atoms with Crippen molar-refractivity contribution < 1.29 is 0 Å². The number of aromatic nitrogens is 4. The van der Waals surface area contributed by atoms with Crippen LogP contribution in [0, 0.1) is 13.8 Å². The van der Waals surface area contributed by atoms with Crippen LogP contribution in [-0.4, -0.2) is 37.1 Å². The molecule has 6 nitrogen and oxygen atoms in total. The maximum absolute atomic E-state index is 5.90. The van der Waals surface area contributed by atoms with Crippen molar-refractivity contribution in [3.63, 3.8) is 0 Å². The van der Waals surface area contributed by atoms with Crippen molar-refractivity contribution in [2.75, 3.05) is 13.1 Å². The second-order valence-electron chi connectivity index (χ2n) is 12.4. The van der Waals surface area contributed by atoms with Gasteiger partial charge in [0.25, 0.3) is 0 Å². The van der Waals surface area contributed by atoms with Gasteiger partial charge in [-0.25, -0.2) is 0 Å². The van der Waals surface area contributed by atoms with E-state index in [1.165, 1.54) is 43.6 Å². The summed E-state index contributed by atoms with van der Waals surface area (Å²) in [4.78, 5) is 12.8. The first-order valence-corrected chi connectivity index (χ1v) is 15.5. The van der Waals surface area contributed by atoms with Crippen LogP contribution in [0.4, 0.5) is 0 Å². The van der Waals surface area contributed by atoms with Crippen LogP contribution in [0.15, 0.2) is 60.7 Å². The molecule has 0 saturated heterocycles. The van der Waals surface area contributed by atoms with Crippen LogP contribution >= 0.6 is 0 Å². The molecule has 0 atom stereocenters. The van der Waals surface area contributed by atoms with Crippen molar-refractivity contribution in [1.29, 1.82) is 0 Å².